The Labute approximate surface area is 785 Å². The number of anilines is 6. The standard InChI is InChI=1S/C22H31N7O2.C17H21ClN6O.C11H17N3O3.C11H19N3O.C8H17NO.C6H3Cl2N3.C5H11NO.C3H2N4O4.CH4O.3CH4.H2/c30-12-9-16-5-7-17(8-6-16)27-13-20(23-15-27)24-21-19-4-2-11-29(19)26-22(25-21)28-10-1-3-18(28)14-31;18-17-21-16(14-2-1-8-24(14)22-17)20-15-10-23(11-19-15)13-5-3-12(4-6-13)7-9-25;15-6-5-9-1-3-10(4-2-9)13-7-11(12-8-13)14(16)17;12-11-7-14(8-13-11)10-3-1-9(2-4-10)5-6-15;9-8-3-1-7(2-4-8)5-6-10;7-5-4-2-1-3-11(4)10-6(8)9-5;7-4-5-2-1-3-6-5;8-6(9)3-1-5(2-4-3)7(10)11;1-2;;;;/h2,4,11,13,15-18,30-31H,1,3,5-10,12,14H2,(H,24,25,26);1-2,8,10-13,25H,3-7,9H2,(H,20,21,22);7-10,15H,1-6H2;7-10,15H,1-6,12H2;7-8,10H,1-6,9H2;1-3H;5-7H,1-4H2;1-2H;2H,1H3;3*1H4;1H/t16?,17?,18-;;;;;;5-;;;;;;/m0.....0....../s1. The van der Waals surface area contributed by atoms with Crippen molar-refractivity contribution < 1.29 is 57.2 Å². The first kappa shape index (κ1) is 109. The smallest absolute Gasteiger partial charge is 0.388 e. The summed E-state index contributed by atoms with van der Waals surface area (Å²) >= 11 is 17.3. The van der Waals surface area contributed by atoms with E-state index in [1.807, 2.05) is 89.3 Å². The number of aliphatic hydroxyl groups is 8. The number of nitrogen functional groups attached to an aromatic ring is 1. The highest BCUT2D eigenvalue weighted by Crippen LogP contribution is 2.39. The quantitative estimate of drug-likeness (QED) is 0.0197. The zero-order chi connectivity index (χ0) is 92.1. The fourth-order valence-electron chi connectivity index (χ4n) is 17.6. The maximum atomic E-state index is 10.5. The van der Waals surface area contributed by atoms with E-state index >= 15 is 0 Å². The summed E-state index contributed by atoms with van der Waals surface area (Å²) in [5.74, 6) is 6.87. The second-order valence-electron chi connectivity index (χ2n) is 33.3. The van der Waals surface area contributed by atoms with Crippen molar-refractivity contribution in [3.8, 4) is 0 Å². The van der Waals surface area contributed by atoms with Crippen molar-refractivity contribution in [1.82, 2.24) is 97.0 Å². The largest absolute Gasteiger partial charge is 0.400 e. The molecule has 5 saturated carbocycles. The van der Waals surface area contributed by atoms with Crippen molar-refractivity contribution >= 4 is 98.0 Å². The molecule has 11 aromatic rings. The van der Waals surface area contributed by atoms with Crippen molar-refractivity contribution in [2.45, 2.75) is 251 Å². The number of halogens is 3. The number of hydrogen-bond acceptors (Lipinski definition) is 31. The summed E-state index contributed by atoms with van der Waals surface area (Å²) in [5, 5.41) is 123. The molecule has 42 nitrogen and oxygen atoms in total. The van der Waals surface area contributed by atoms with Gasteiger partial charge in [-0.25, -0.2) is 43.6 Å². The second-order valence-corrected chi connectivity index (χ2v) is 34.3. The lowest BCUT2D eigenvalue weighted by Crippen LogP contribution is -2.34. The van der Waals surface area contributed by atoms with Gasteiger partial charge in [0.15, 0.2) is 28.0 Å². The maximum absolute atomic E-state index is 10.5. The van der Waals surface area contributed by atoms with Crippen LogP contribution >= 0.6 is 34.8 Å². The van der Waals surface area contributed by atoms with E-state index in [1.165, 1.54) is 64.0 Å². The molecule has 132 heavy (non-hydrogen) atoms. The molecule has 13 heterocycles. The highest BCUT2D eigenvalue weighted by molar-refractivity contribution is 6.34. The Morgan fingerprint density at radius 1 is 0.462 bits per heavy atom. The first-order chi connectivity index (χ1) is 62.6. The third kappa shape index (κ3) is 32.9. The van der Waals surface area contributed by atoms with Crippen molar-refractivity contribution in [2.75, 3.05) is 87.7 Å². The number of nitro groups is 3. The Kier molecular flexibility index (Phi) is 46.8. The molecule has 5 aliphatic carbocycles. The molecule has 732 valence electrons. The van der Waals surface area contributed by atoms with E-state index in [4.69, 9.17) is 81.9 Å². The lowest BCUT2D eigenvalue weighted by atomic mass is 9.84. The topological polar surface area (TPSA) is 562 Å². The van der Waals surface area contributed by atoms with E-state index in [1.54, 1.807) is 21.6 Å². The maximum Gasteiger partial charge on any atom is 0.388 e. The van der Waals surface area contributed by atoms with Crippen LogP contribution in [0.5, 0.6) is 0 Å². The van der Waals surface area contributed by atoms with E-state index in [9.17, 15) is 40.6 Å². The Balaban J connectivity index is 0.000000242. The summed E-state index contributed by atoms with van der Waals surface area (Å²) in [6.07, 6.45) is 53.5. The van der Waals surface area contributed by atoms with E-state index < -0.39 is 20.7 Å². The molecule has 18 rings (SSSR count). The molecule has 7 aliphatic rings. The Morgan fingerprint density at radius 3 is 1.24 bits per heavy atom. The molecule has 2 atom stereocenters. The van der Waals surface area contributed by atoms with Crippen LogP contribution in [0.1, 0.15) is 234 Å². The number of hydrogen-bond donors (Lipinski definition) is 13. The monoisotopic (exact) mass is 1910 g/mol. The SMILES string of the molecule is C.C.C.CO.Clc1nc(Cl)c2cccn2n1.NC1CCC(CCO)CC1.Nc1cn(C2CCC(CCO)CC2)cn1.O=[N+]([O-])c1cn(C2CCC(CCO)CC2)cn1.O=[N+]([O-])c1cn([N+](=O)[O-])cn1.OCCC1CCC(n2cnc(Nc3nc(Cl)nn4cccc34)c2)CC1.OCCC1CCC(n2cnc(Nc3nc(N4CCC[C@H]4CO)nn4cccc34)c2)CC1.OC[C@@H]1CCCN1.[HH]. The predicted molar refractivity (Wildman–Crippen MR) is 510 cm³/mol. The minimum absolute atomic E-state index is 0. The van der Waals surface area contributed by atoms with Crippen molar-refractivity contribution in [2.24, 2.45) is 35.3 Å². The number of rotatable bonds is 24. The minimum atomic E-state index is -0.819. The van der Waals surface area contributed by atoms with Gasteiger partial charge < -0.3 is 112 Å². The minimum Gasteiger partial charge on any atom is -0.400 e. The van der Waals surface area contributed by atoms with Crippen LogP contribution in [0.15, 0.2) is 118 Å². The van der Waals surface area contributed by atoms with Gasteiger partial charge in [0.1, 0.15) is 40.2 Å². The molecule has 2 aliphatic heterocycles. The molecule has 0 bridgehead atoms. The average Bonchev–Trinajstić information content (AvgIpc) is 1.65. The molecule has 0 spiro atoms. The van der Waals surface area contributed by atoms with Crippen LogP contribution < -0.4 is 32.3 Å². The molecule has 2 saturated heterocycles. The summed E-state index contributed by atoms with van der Waals surface area (Å²) in [6, 6.07) is 14.1. The Bertz CT molecular complexity index is 5070. The molecule has 0 amide bonds. The van der Waals surface area contributed by atoms with Crippen LogP contribution in [0, 0.1) is 59.9 Å². The van der Waals surface area contributed by atoms with Gasteiger partial charge in [-0.05, 0) is 306 Å². The molecular formula is C87H139Cl3N28O14. The molecule has 11 aromatic heterocycles. The fraction of sp³-hybridized carbons (Fsp3) is 0.621. The van der Waals surface area contributed by atoms with Crippen LogP contribution in [0.3, 0.4) is 0 Å². The van der Waals surface area contributed by atoms with Gasteiger partial charge in [0, 0.05) is 122 Å². The van der Waals surface area contributed by atoms with Gasteiger partial charge in [0.2, 0.25) is 22.8 Å². The average molecular weight is 1910 g/mol. The van der Waals surface area contributed by atoms with E-state index in [0.717, 1.165) is 201 Å². The van der Waals surface area contributed by atoms with Gasteiger partial charge in [-0.1, -0.05) is 33.9 Å². The second kappa shape index (κ2) is 56.7. The van der Waals surface area contributed by atoms with Gasteiger partial charge in [-0.3, -0.25) is 0 Å². The zero-order valence-electron chi connectivity index (χ0n) is 72.9. The van der Waals surface area contributed by atoms with E-state index in [0.29, 0.717) is 120 Å². The summed E-state index contributed by atoms with van der Waals surface area (Å²) in [6.45, 7) is 3.88. The Hall–Kier alpha value is -10.2. The van der Waals surface area contributed by atoms with Crippen LogP contribution in [0.2, 0.25) is 15.7 Å². The third-order valence-electron chi connectivity index (χ3n) is 24.8. The van der Waals surface area contributed by atoms with Gasteiger partial charge in [0.05, 0.1) is 38.2 Å². The molecule has 15 N–H and O–H groups in total. The number of fused-ring (bicyclic) bond motifs is 3. The molecule has 0 radical (unpaired) electrons. The van der Waals surface area contributed by atoms with E-state index in [-0.39, 0.29) is 59.3 Å². The zero-order valence-corrected chi connectivity index (χ0v) is 75.1. The number of nitrogens with zero attached hydrogens (tertiary/aromatic N) is 23. The number of nitrogens with two attached hydrogens (primary N) is 2. The summed E-state index contributed by atoms with van der Waals surface area (Å²) in [4.78, 5) is 64.1. The number of aromatic nitrogens is 19. The van der Waals surface area contributed by atoms with Crippen LogP contribution in [0.4, 0.5) is 46.7 Å². The summed E-state index contributed by atoms with van der Waals surface area (Å²) in [7, 11) is 1.00. The van der Waals surface area contributed by atoms with Gasteiger partial charge >= 0.3 is 11.6 Å². The Morgan fingerprint density at radius 2 is 0.856 bits per heavy atom. The predicted octanol–water partition coefficient (Wildman–Crippen LogP) is 13.9. The molecule has 45 heteroatoms. The lowest BCUT2D eigenvalue weighted by Gasteiger charge is -2.28. The molecule has 0 unspecified atom stereocenters. The molecular weight excluding hydrogens is 1770 g/mol. The van der Waals surface area contributed by atoms with Crippen LogP contribution in [-0.4, -0.2) is 232 Å². The van der Waals surface area contributed by atoms with Crippen molar-refractivity contribution in [3.63, 3.8) is 0 Å². The molecule has 7 fully saturated rings. The third-order valence-corrected chi connectivity index (χ3v) is 25.4. The number of aliphatic hydroxyl groups excluding tert-OH is 8. The normalized spacial score (nSPS) is 21.8. The summed E-state index contributed by atoms with van der Waals surface area (Å²) < 4.78 is 13.9. The lowest BCUT2D eigenvalue weighted by molar-refractivity contribution is -0.542. The van der Waals surface area contributed by atoms with Crippen LogP contribution in [-0.2, 0) is 0 Å². The van der Waals surface area contributed by atoms with Gasteiger partial charge in [-0.2, -0.15) is 9.97 Å². The number of imidazole rings is 5. The van der Waals surface area contributed by atoms with E-state index in [2.05, 4.69) is 90.9 Å². The molecule has 0 aromatic carbocycles. The highest BCUT2D eigenvalue weighted by Gasteiger charge is 2.31. The first-order valence-electron chi connectivity index (χ1n) is 44.5. The summed E-state index contributed by atoms with van der Waals surface area (Å²) in [5.41, 5.74) is 13.8. The highest BCUT2D eigenvalue weighted by atomic mass is 35.5. The van der Waals surface area contributed by atoms with Crippen LogP contribution in [0.25, 0.3) is 16.6 Å². The number of nitrogens with one attached hydrogen (secondary N) is 3. The van der Waals surface area contributed by atoms with Gasteiger partial charge in [0.25, 0.3) is 6.33 Å². The first-order valence-corrected chi connectivity index (χ1v) is 45.6. The fourth-order valence-corrected chi connectivity index (χ4v) is 18.2. The van der Waals surface area contributed by atoms with Gasteiger partial charge in [-0.15, -0.1) is 15.3 Å². The van der Waals surface area contributed by atoms with Crippen molar-refractivity contribution in [3.05, 3.63) is 164 Å². The van der Waals surface area contributed by atoms with Crippen molar-refractivity contribution in [1.29, 1.82) is 0 Å².